The van der Waals surface area contributed by atoms with Crippen molar-refractivity contribution in [2.24, 2.45) is 5.73 Å². The number of anilines is 1. The van der Waals surface area contributed by atoms with Gasteiger partial charge in [-0.1, -0.05) is 13.3 Å². The largest absolute Gasteiger partial charge is 0.490 e. The Labute approximate surface area is 129 Å². The molecule has 21 heavy (non-hydrogen) atoms. The highest BCUT2D eigenvalue weighted by Crippen LogP contribution is 2.29. The molecule has 0 atom stereocenters. The fourth-order valence-corrected chi connectivity index (χ4v) is 2.95. The van der Waals surface area contributed by atoms with Crippen LogP contribution in [0.25, 0.3) is 0 Å². The lowest BCUT2D eigenvalue weighted by Gasteiger charge is -2.17. The summed E-state index contributed by atoms with van der Waals surface area (Å²) >= 11 is 0. The van der Waals surface area contributed by atoms with Gasteiger partial charge in [0.1, 0.15) is 5.75 Å². The molecule has 2 rings (SSSR count). The first kappa shape index (κ1) is 16.2. The predicted molar refractivity (Wildman–Crippen MR) is 90.1 cm³/mol. The van der Waals surface area contributed by atoms with Gasteiger partial charge in [-0.05, 0) is 75.3 Å². The first-order valence-electron chi connectivity index (χ1n) is 8.57. The summed E-state index contributed by atoms with van der Waals surface area (Å²) in [7, 11) is 0. The Morgan fingerprint density at radius 2 is 2.00 bits per heavy atom. The number of rotatable bonds is 9. The Hall–Kier alpha value is -1.22. The van der Waals surface area contributed by atoms with Gasteiger partial charge in [0, 0.05) is 12.2 Å². The molecule has 0 bridgehead atoms. The van der Waals surface area contributed by atoms with Gasteiger partial charge in [-0.3, -0.25) is 0 Å². The molecule has 1 aliphatic carbocycles. The normalized spacial score (nSPS) is 15.3. The highest BCUT2D eigenvalue weighted by atomic mass is 16.5. The number of ether oxygens (including phenoxy) is 1. The van der Waals surface area contributed by atoms with Gasteiger partial charge in [0.15, 0.2) is 0 Å². The molecule has 0 aromatic heterocycles. The molecule has 1 saturated carbocycles. The highest BCUT2D eigenvalue weighted by Gasteiger charge is 2.17. The maximum absolute atomic E-state index is 6.17. The summed E-state index contributed by atoms with van der Waals surface area (Å²) in [5, 5.41) is 3.50. The zero-order valence-electron chi connectivity index (χ0n) is 13.4. The number of benzene rings is 1. The quantitative estimate of drug-likeness (QED) is 0.673. The van der Waals surface area contributed by atoms with Gasteiger partial charge in [-0.25, -0.2) is 0 Å². The summed E-state index contributed by atoms with van der Waals surface area (Å²) in [5.41, 5.74) is 8.03. The van der Waals surface area contributed by atoms with Crippen LogP contribution in [0, 0.1) is 0 Å². The van der Waals surface area contributed by atoms with Crippen molar-refractivity contribution >= 4 is 5.69 Å². The Morgan fingerprint density at radius 3 is 2.71 bits per heavy atom. The van der Waals surface area contributed by atoms with Crippen molar-refractivity contribution in [3.63, 3.8) is 0 Å². The second-order valence-corrected chi connectivity index (χ2v) is 5.98. The Bertz CT molecular complexity index is 414. The van der Waals surface area contributed by atoms with Crippen LogP contribution in [-0.2, 0) is 6.42 Å². The minimum absolute atomic E-state index is 0.436. The van der Waals surface area contributed by atoms with Gasteiger partial charge < -0.3 is 15.8 Å². The molecule has 1 aromatic carbocycles. The van der Waals surface area contributed by atoms with E-state index in [4.69, 9.17) is 10.5 Å². The number of unbranched alkanes of at least 4 members (excludes halogenated alkanes) is 2. The molecule has 0 amide bonds. The van der Waals surface area contributed by atoms with E-state index in [2.05, 4.69) is 30.4 Å². The minimum atomic E-state index is 0.436. The SMILES string of the molecule is CCc1cc(NCCCCCN)ccc1OC1CCCC1. The van der Waals surface area contributed by atoms with Crippen LogP contribution in [0.1, 0.15) is 57.4 Å². The summed E-state index contributed by atoms with van der Waals surface area (Å²) in [6, 6.07) is 6.53. The van der Waals surface area contributed by atoms with Crippen LogP contribution in [-0.4, -0.2) is 19.2 Å². The van der Waals surface area contributed by atoms with Crippen molar-refractivity contribution in [3.8, 4) is 5.75 Å². The molecule has 118 valence electrons. The minimum Gasteiger partial charge on any atom is -0.490 e. The van der Waals surface area contributed by atoms with Gasteiger partial charge >= 0.3 is 0 Å². The number of hydrogen-bond donors (Lipinski definition) is 2. The third kappa shape index (κ3) is 5.24. The van der Waals surface area contributed by atoms with Gasteiger partial charge in [0.05, 0.1) is 6.10 Å². The Kier molecular flexibility index (Phi) is 6.87. The Morgan fingerprint density at radius 1 is 1.19 bits per heavy atom. The van der Waals surface area contributed by atoms with Crippen LogP contribution in [0.15, 0.2) is 18.2 Å². The predicted octanol–water partition coefficient (Wildman–Crippen LogP) is 4.11. The second kappa shape index (κ2) is 8.93. The van der Waals surface area contributed by atoms with Gasteiger partial charge in [0.25, 0.3) is 0 Å². The molecule has 3 heteroatoms. The molecule has 1 aromatic rings. The molecule has 1 fully saturated rings. The van der Waals surface area contributed by atoms with E-state index in [0.717, 1.165) is 31.7 Å². The fraction of sp³-hybridized carbons (Fsp3) is 0.667. The molecule has 0 saturated heterocycles. The van der Waals surface area contributed by atoms with Crippen molar-refractivity contribution in [2.75, 3.05) is 18.4 Å². The summed E-state index contributed by atoms with van der Waals surface area (Å²) in [4.78, 5) is 0. The zero-order chi connectivity index (χ0) is 14.9. The molecule has 1 aliphatic rings. The molecular formula is C18H30N2O. The van der Waals surface area contributed by atoms with Crippen LogP contribution < -0.4 is 15.8 Å². The van der Waals surface area contributed by atoms with E-state index in [-0.39, 0.29) is 0 Å². The van der Waals surface area contributed by atoms with Crippen LogP contribution >= 0.6 is 0 Å². The number of aryl methyl sites for hydroxylation is 1. The Balaban J connectivity index is 1.86. The van der Waals surface area contributed by atoms with Crippen molar-refractivity contribution < 1.29 is 4.74 Å². The summed E-state index contributed by atoms with van der Waals surface area (Å²) in [5.74, 6) is 1.08. The maximum atomic E-state index is 6.17. The van der Waals surface area contributed by atoms with Gasteiger partial charge in [0.2, 0.25) is 0 Å². The van der Waals surface area contributed by atoms with E-state index < -0.39 is 0 Å². The molecule has 0 spiro atoms. The highest BCUT2D eigenvalue weighted by molar-refractivity contribution is 5.51. The van der Waals surface area contributed by atoms with Crippen LogP contribution in [0.2, 0.25) is 0 Å². The molecule has 0 radical (unpaired) electrons. The molecule has 0 aliphatic heterocycles. The zero-order valence-corrected chi connectivity index (χ0v) is 13.4. The standard InChI is InChI=1S/C18H30N2O/c1-2-15-14-16(20-13-7-3-6-12-19)10-11-18(15)21-17-8-4-5-9-17/h10-11,14,17,20H,2-9,12-13,19H2,1H3. The third-order valence-electron chi connectivity index (χ3n) is 4.25. The van der Waals surface area contributed by atoms with Crippen LogP contribution in [0.4, 0.5) is 5.69 Å². The molecule has 3 nitrogen and oxygen atoms in total. The summed E-state index contributed by atoms with van der Waals surface area (Å²) in [6.45, 7) is 4.01. The van der Waals surface area contributed by atoms with E-state index in [1.165, 1.54) is 49.8 Å². The van der Waals surface area contributed by atoms with Crippen molar-refractivity contribution in [1.82, 2.24) is 0 Å². The fourth-order valence-electron chi connectivity index (χ4n) is 2.95. The number of nitrogens with two attached hydrogens (primary N) is 1. The third-order valence-corrected chi connectivity index (χ3v) is 4.25. The van der Waals surface area contributed by atoms with E-state index in [0.29, 0.717) is 6.10 Å². The lowest BCUT2D eigenvalue weighted by Crippen LogP contribution is -2.12. The van der Waals surface area contributed by atoms with Crippen LogP contribution in [0.3, 0.4) is 0 Å². The number of nitrogens with one attached hydrogen (secondary N) is 1. The first-order valence-corrected chi connectivity index (χ1v) is 8.57. The summed E-state index contributed by atoms with van der Waals surface area (Å²) < 4.78 is 6.17. The average molecular weight is 290 g/mol. The number of hydrogen-bond acceptors (Lipinski definition) is 3. The van der Waals surface area contributed by atoms with E-state index >= 15 is 0 Å². The van der Waals surface area contributed by atoms with E-state index in [1.807, 2.05) is 0 Å². The van der Waals surface area contributed by atoms with E-state index in [1.54, 1.807) is 0 Å². The van der Waals surface area contributed by atoms with Crippen LogP contribution in [0.5, 0.6) is 5.75 Å². The average Bonchev–Trinajstić information content (AvgIpc) is 3.01. The molecule has 0 unspecified atom stereocenters. The molecule has 3 N–H and O–H groups in total. The first-order chi connectivity index (χ1) is 10.3. The van der Waals surface area contributed by atoms with Gasteiger partial charge in [-0.15, -0.1) is 0 Å². The topological polar surface area (TPSA) is 47.3 Å². The monoisotopic (exact) mass is 290 g/mol. The molecule has 0 heterocycles. The summed E-state index contributed by atoms with van der Waals surface area (Å²) in [6.07, 6.45) is 10.0. The lowest BCUT2D eigenvalue weighted by atomic mass is 10.1. The maximum Gasteiger partial charge on any atom is 0.123 e. The second-order valence-electron chi connectivity index (χ2n) is 5.98. The van der Waals surface area contributed by atoms with Gasteiger partial charge in [-0.2, -0.15) is 0 Å². The van der Waals surface area contributed by atoms with Crippen molar-refractivity contribution in [3.05, 3.63) is 23.8 Å². The van der Waals surface area contributed by atoms with Crippen molar-refractivity contribution in [2.45, 2.75) is 64.4 Å². The smallest absolute Gasteiger partial charge is 0.123 e. The lowest BCUT2D eigenvalue weighted by molar-refractivity contribution is 0.208. The molecular weight excluding hydrogens is 260 g/mol. The van der Waals surface area contributed by atoms with Crippen molar-refractivity contribution in [1.29, 1.82) is 0 Å². The van der Waals surface area contributed by atoms with E-state index in [9.17, 15) is 0 Å².